The predicted octanol–water partition coefficient (Wildman–Crippen LogP) is 3.01. The molecule has 3 N–H and O–H groups in total. The molecule has 4 heteroatoms. The van der Waals surface area contributed by atoms with Gasteiger partial charge in [0, 0.05) is 18.3 Å². The highest BCUT2D eigenvalue weighted by molar-refractivity contribution is 5.30. The summed E-state index contributed by atoms with van der Waals surface area (Å²) in [6, 6.07) is 14.0. The van der Waals surface area contributed by atoms with Crippen molar-refractivity contribution in [2.45, 2.75) is 32.2 Å². The molecule has 0 spiro atoms. The molecule has 2 aromatic rings. The Morgan fingerprint density at radius 1 is 1.19 bits per heavy atom. The van der Waals surface area contributed by atoms with Crippen LogP contribution in [0.3, 0.4) is 0 Å². The van der Waals surface area contributed by atoms with E-state index in [2.05, 4.69) is 29.5 Å². The number of pyridine rings is 1. The number of hydrogen-bond donors (Lipinski definition) is 2. The molecule has 2 rings (SSSR count). The van der Waals surface area contributed by atoms with E-state index in [-0.39, 0.29) is 6.04 Å². The smallest absolute Gasteiger partial charge is 0.119 e. The molecule has 0 aliphatic heterocycles. The van der Waals surface area contributed by atoms with Crippen molar-refractivity contribution in [2.75, 3.05) is 6.61 Å². The van der Waals surface area contributed by atoms with Gasteiger partial charge in [-0.05, 0) is 36.2 Å². The van der Waals surface area contributed by atoms with Crippen molar-refractivity contribution in [2.24, 2.45) is 5.84 Å². The van der Waals surface area contributed by atoms with Crippen molar-refractivity contribution in [3.8, 4) is 5.75 Å². The summed E-state index contributed by atoms with van der Waals surface area (Å²) in [6.07, 6.45) is 4.77. The van der Waals surface area contributed by atoms with Gasteiger partial charge in [0.05, 0.1) is 12.6 Å². The van der Waals surface area contributed by atoms with Gasteiger partial charge >= 0.3 is 0 Å². The van der Waals surface area contributed by atoms with Gasteiger partial charge in [-0.15, -0.1) is 0 Å². The lowest BCUT2D eigenvalue weighted by molar-refractivity contribution is 0.309. The molecule has 1 atom stereocenters. The molecule has 0 bridgehead atoms. The summed E-state index contributed by atoms with van der Waals surface area (Å²) < 4.78 is 5.67. The van der Waals surface area contributed by atoms with Crippen LogP contribution in [0.15, 0.2) is 48.7 Å². The van der Waals surface area contributed by atoms with Gasteiger partial charge in [0.15, 0.2) is 0 Å². The molecular weight excluding hydrogens is 262 g/mol. The summed E-state index contributed by atoms with van der Waals surface area (Å²) in [5, 5.41) is 0. The lowest BCUT2D eigenvalue weighted by Gasteiger charge is -2.16. The van der Waals surface area contributed by atoms with Gasteiger partial charge in [-0.2, -0.15) is 0 Å². The minimum atomic E-state index is 0.0459. The van der Waals surface area contributed by atoms with Crippen molar-refractivity contribution in [3.05, 3.63) is 59.9 Å². The Morgan fingerprint density at radius 3 is 2.62 bits per heavy atom. The number of hydrogen-bond acceptors (Lipinski definition) is 4. The molecule has 1 aromatic carbocycles. The number of nitrogens with one attached hydrogen (secondary N) is 1. The Bertz CT molecular complexity index is 513. The van der Waals surface area contributed by atoms with Gasteiger partial charge in [0.2, 0.25) is 0 Å². The highest BCUT2D eigenvalue weighted by Gasteiger charge is 2.11. The van der Waals surface area contributed by atoms with E-state index < -0.39 is 0 Å². The Labute approximate surface area is 126 Å². The van der Waals surface area contributed by atoms with Gasteiger partial charge < -0.3 is 4.74 Å². The van der Waals surface area contributed by atoms with Crippen molar-refractivity contribution >= 4 is 0 Å². The summed E-state index contributed by atoms with van der Waals surface area (Å²) in [5.74, 6) is 6.58. The fraction of sp³-hybridized carbons (Fsp3) is 0.353. The van der Waals surface area contributed by atoms with Crippen LogP contribution in [0.2, 0.25) is 0 Å². The quantitative estimate of drug-likeness (QED) is 0.445. The van der Waals surface area contributed by atoms with Crippen LogP contribution in [0.5, 0.6) is 5.75 Å². The maximum Gasteiger partial charge on any atom is 0.119 e. The fourth-order valence-electron chi connectivity index (χ4n) is 2.13. The molecule has 1 unspecified atom stereocenters. The number of nitrogens with zero attached hydrogens (tertiary/aromatic N) is 1. The number of hydrazine groups is 1. The number of benzene rings is 1. The molecule has 0 saturated heterocycles. The second-order valence-electron chi connectivity index (χ2n) is 5.02. The SMILES string of the molecule is CCCCOc1ccc(C(Cc2ccccn2)NN)cc1. The first-order chi connectivity index (χ1) is 10.3. The van der Waals surface area contributed by atoms with Crippen molar-refractivity contribution < 1.29 is 4.74 Å². The first kappa shape index (κ1) is 15.5. The zero-order valence-corrected chi connectivity index (χ0v) is 12.5. The van der Waals surface area contributed by atoms with Gasteiger partial charge in [-0.3, -0.25) is 16.3 Å². The van der Waals surface area contributed by atoms with E-state index in [0.717, 1.165) is 42.9 Å². The van der Waals surface area contributed by atoms with E-state index in [1.165, 1.54) is 0 Å². The third kappa shape index (κ3) is 4.85. The van der Waals surface area contributed by atoms with E-state index in [4.69, 9.17) is 10.6 Å². The monoisotopic (exact) mass is 285 g/mol. The topological polar surface area (TPSA) is 60.2 Å². The molecule has 0 radical (unpaired) electrons. The molecule has 0 aliphatic carbocycles. The fourth-order valence-corrected chi connectivity index (χ4v) is 2.13. The van der Waals surface area contributed by atoms with E-state index in [0.29, 0.717) is 0 Å². The Morgan fingerprint density at radius 2 is 2.00 bits per heavy atom. The van der Waals surface area contributed by atoms with Crippen molar-refractivity contribution in [1.29, 1.82) is 0 Å². The zero-order chi connectivity index (χ0) is 14.9. The summed E-state index contributed by atoms with van der Waals surface area (Å²) in [4.78, 5) is 4.34. The average molecular weight is 285 g/mol. The van der Waals surface area contributed by atoms with E-state index in [1.54, 1.807) is 6.20 Å². The Balaban J connectivity index is 1.98. The normalized spacial score (nSPS) is 12.1. The Hall–Kier alpha value is -1.91. The summed E-state index contributed by atoms with van der Waals surface area (Å²) in [7, 11) is 0. The second kappa shape index (κ2) is 8.39. The maximum atomic E-state index is 5.68. The van der Waals surface area contributed by atoms with Crippen molar-refractivity contribution in [1.82, 2.24) is 10.4 Å². The zero-order valence-electron chi connectivity index (χ0n) is 12.5. The first-order valence-electron chi connectivity index (χ1n) is 7.42. The number of unbranched alkanes of at least 4 members (excludes halogenated alkanes) is 1. The van der Waals surface area contributed by atoms with Crippen LogP contribution < -0.4 is 16.0 Å². The maximum absolute atomic E-state index is 5.68. The van der Waals surface area contributed by atoms with Crippen LogP contribution in [0.1, 0.15) is 37.1 Å². The molecule has 4 nitrogen and oxygen atoms in total. The van der Waals surface area contributed by atoms with E-state index >= 15 is 0 Å². The summed E-state index contributed by atoms with van der Waals surface area (Å²) >= 11 is 0. The standard InChI is InChI=1S/C17H23N3O/c1-2-3-12-21-16-9-7-14(8-10-16)17(20-18)13-15-6-4-5-11-19-15/h4-11,17,20H,2-3,12-13,18H2,1H3. The second-order valence-corrected chi connectivity index (χ2v) is 5.02. The predicted molar refractivity (Wildman–Crippen MR) is 84.9 cm³/mol. The lowest BCUT2D eigenvalue weighted by atomic mass is 10.0. The number of aromatic nitrogens is 1. The molecule has 0 saturated carbocycles. The minimum Gasteiger partial charge on any atom is -0.494 e. The first-order valence-corrected chi connectivity index (χ1v) is 7.42. The van der Waals surface area contributed by atoms with Crippen LogP contribution in [0.4, 0.5) is 0 Å². The summed E-state index contributed by atoms with van der Waals surface area (Å²) in [6.45, 7) is 2.92. The van der Waals surface area contributed by atoms with Crippen LogP contribution in [0, 0.1) is 0 Å². The van der Waals surface area contributed by atoms with E-state index in [1.807, 2.05) is 30.3 Å². The van der Waals surface area contributed by atoms with Gasteiger partial charge in [0.1, 0.15) is 5.75 Å². The molecule has 0 fully saturated rings. The van der Waals surface area contributed by atoms with E-state index in [9.17, 15) is 0 Å². The lowest BCUT2D eigenvalue weighted by Crippen LogP contribution is -2.29. The molecule has 0 aliphatic rings. The van der Waals surface area contributed by atoms with Crippen molar-refractivity contribution in [3.63, 3.8) is 0 Å². The van der Waals surface area contributed by atoms with Crippen LogP contribution in [-0.2, 0) is 6.42 Å². The molecule has 112 valence electrons. The highest BCUT2D eigenvalue weighted by atomic mass is 16.5. The largest absolute Gasteiger partial charge is 0.494 e. The van der Waals surface area contributed by atoms with Crippen LogP contribution in [-0.4, -0.2) is 11.6 Å². The number of rotatable bonds is 8. The molecular formula is C17H23N3O. The number of ether oxygens (including phenoxy) is 1. The van der Waals surface area contributed by atoms with Crippen LogP contribution in [0.25, 0.3) is 0 Å². The molecule has 21 heavy (non-hydrogen) atoms. The van der Waals surface area contributed by atoms with Gasteiger partial charge in [-0.1, -0.05) is 31.5 Å². The molecule has 1 aromatic heterocycles. The van der Waals surface area contributed by atoms with Gasteiger partial charge in [0.25, 0.3) is 0 Å². The molecule has 0 amide bonds. The Kier molecular flexibility index (Phi) is 6.19. The minimum absolute atomic E-state index is 0.0459. The highest BCUT2D eigenvalue weighted by Crippen LogP contribution is 2.20. The average Bonchev–Trinajstić information content (AvgIpc) is 2.55. The van der Waals surface area contributed by atoms with Gasteiger partial charge in [-0.25, -0.2) is 0 Å². The third-order valence-corrected chi connectivity index (χ3v) is 3.39. The number of nitrogens with two attached hydrogens (primary N) is 1. The summed E-state index contributed by atoms with van der Waals surface area (Å²) in [5.41, 5.74) is 5.01. The molecule has 1 heterocycles. The van der Waals surface area contributed by atoms with Crippen LogP contribution >= 0.6 is 0 Å². The third-order valence-electron chi connectivity index (χ3n) is 3.39.